The van der Waals surface area contributed by atoms with E-state index in [1.165, 1.54) is 12.3 Å². The number of hydrogen-bond acceptors (Lipinski definition) is 1. The fourth-order valence-corrected chi connectivity index (χ4v) is 2.16. The molecule has 0 atom stereocenters. The summed E-state index contributed by atoms with van der Waals surface area (Å²) >= 11 is 0. The molecular weight excluding hydrogens is 291 g/mol. The van der Waals surface area contributed by atoms with Crippen LogP contribution in [0.25, 0.3) is 6.08 Å². The fourth-order valence-electron chi connectivity index (χ4n) is 2.16. The van der Waals surface area contributed by atoms with Crippen molar-refractivity contribution in [1.29, 1.82) is 0 Å². The third-order valence-corrected chi connectivity index (χ3v) is 3.45. The topological polar surface area (TPSA) is 32.3 Å². The molecule has 2 aromatic carbocycles. The van der Waals surface area contributed by atoms with Crippen LogP contribution < -0.4 is 5.32 Å². The van der Waals surface area contributed by atoms with Gasteiger partial charge < -0.3 is 10.2 Å². The molecule has 2 rings (SSSR count). The van der Waals surface area contributed by atoms with Crippen LogP contribution in [-0.2, 0) is 6.54 Å². The van der Waals surface area contributed by atoms with Crippen LogP contribution in [-0.4, -0.2) is 17.0 Å². The molecule has 0 unspecified atom stereocenters. The predicted octanol–water partition coefficient (Wildman–Crippen LogP) is 4.42. The molecule has 0 fully saturated rings. The molecule has 0 radical (unpaired) electrons. The van der Waals surface area contributed by atoms with E-state index in [4.69, 9.17) is 0 Å². The van der Waals surface area contributed by atoms with Crippen LogP contribution in [0.4, 0.5) is 9.18 Å². The molecule has 2 amide bonds. The van der Waals surface area contributed by atoms with E-state index >= 15 is 0 Å². The summed E-state index contributed by atoms with van der Waals surface area (Å²) < 4.78 is 13.5. The van der Waals surface area contributed by atoms with Gasteiger partial charge in [0.05, 0.1) is 0 Å². The highest BCUT2D eigenvalue weighted by molar-refractivity contribution is 5.76. The van der Waals surface area contributed by atoms with E-state index in [1.807, 2.05) is 44.2 Å². The highest BCUT2D eigenvalue weighted by Gasteiger charge is 2.16. The van der Waals surface area contributed by atoms with Gasteiger partial charge in [-0.2, -0.15) is 0 Å². The zero-order chi connectivity index (χ0) is 16.7. The predicted molar refractivity (Wildman–Crippen MR) is 91.1 cm³/mol. The molecule has 0 aliphatic carbocycles. The Bertz CT molecular complexity index is 668. The van der Waals surface area contributed by atoms with Gasteiger partial charge in [0.15, 0.2) is 0 Å². The van der Waals surface area contributed by atoms with Gasteiger partial charge in [-0.25, -0.2) is 9.18 Å². The highest BCUT2D eigenvalue weighted by atomic mass is 19.1. The Morgan fingerprint density at radius 3 is 2.43 bits per heavy atom. The lowest BCUT2D eigenvalue weighted by Gasteiger charge is -2.26. The van der Waals surface area contributed by atoms with Crippen LogP contribution in [0, 0.1) is 5.82 Å². The number of urea groups is 1. The van der Waals surface area contributed by atoms with E-state index in [0.717, 1.165) is 5.56 Å². The normalized spacial score (nSPS) is 11.0. The number of nitrogens with one attached hydrogen (secondary N) is 1. The number of hydrogen-bond donors (Lipinski definition) is 1. The molecule has 2 aromatic rings. The minimum Gasteiger partial charge on any atom is -0.318 e. The fraction of sp³-hybridized carbons (Fsp3) is 0.211. The van der Waals surface area contributed by atoms with E-state index in [2.05, 4.69) is 5.32 Å². The summed E-state index contributed by atoms with van der Waals surface area (Å²) in [5, 5.41) is 2.70. The van der Waals surface area contributed by atoms with Crippen molar-refractivity contribution in [3.05, 3.63) is 77.7 Å². The van der Waals surface area contributed by atoms with Crippen LogP contribution >= 0.6 is 0 Å². The lowest BCUT2D eigenvalue weighted by atomic mass is 10.2. The van der Waals surface area contributed by atoms with Crippen molar-refractivity contribution in [2.45, 2.75) is 26.4 Å². The van der Waals surface area contributed by atoms with Crippen LogP contribution in [0.15, 0.2) is 60.8 Å². The standard InChI is InChI=1S/C19H21FN2O/c1-15(2)22(14-16-8-4-3-5-9-16)19(23)21-13-12-17-10-6-7-11-18(17)20/h3-13,15H,14H2,1-2H3,(H,21,23)/b13-12+. The zero-order valence-electron chi connectivity index (χ0n) is 13.4. The molecule has 23 heavy (non-hydrogen) atoms. The average molecular weight is 312 g/mol. The van der Waals surface area contributed by atoms with Crippen molar-refractivity contribution in [3.63, 3.8) is 0 Å². The van der Waals surface area contributed by atoms with Gasteiger partial charge in [0.25, 0.3) is 0 Å². The quantitative estimate of drug-likeness (QED) is 0.871. The van der Waals surface area contributed by atoms with Gasteiger partial charge in [-0.15, -0.1) is 0 Å². The number of rotatable bonds is 5. The molecule has 120 valence electrons. The summed E-state index contributed by atoms with van der Waals surface area (Å²) in [5.74, 6) is -0.317. The van der Waals surface area contributed by atoms with Gasteiger partial charge in [-0.3, -0.25) is 0 Å². The Morgan fingerprint density at radius 1 is 1.13 bits per heavy atom. The smallest absolute Gasteiger partial charge is 0.318 e. The lowest BCUT2D eigenvalue weighted by Crippen LogP contribution is -2.41. The van der Waals surface area contributed by atoms with Gasteiger partial charge in [0.2, 0.25) is 0 Å². The first-order valence-corrected chi connectivity index (χ1v) is 7.60. The van der Waals surface area contributed by atoms with E-state index < -0.39 is 0 Å². The Hall–Kier alpha value is -2.62. The Kier molecular flexibility index (Phi) is 5.92. The number of halogens is 1. The largest absolute Gasteiger partial charge is 0.321 e. The number of carbonyl (C=O) groups is 1. The molecule has 0 spiro atoms. The van der Waals surface area contributed by atoms with Crippen molar-refractivity contribution in [1.82, 2.24) is 10.2 Å². The number of amides is 2. The van der Waals surface area contributed by atoms with E-state index in [1.54, 1.807) is 29.2 Å². The second-order valence-corrected chi connectivity index (χ2v) is 5.51. The third-order valence-electron chi connectivity index (χ3n) is 3.45. The van der Waals surface area contributed by atoms with Crippen molar-refractivity contribution < 1.29 is 9.18 Å². The summed E-state index contributed by atoms with van der Waals surface area (Å²) in [7, 11) is 0. The average Bonchev–Trinajstić information content (AvgIpc) is 2.55. The Balaban J connectivity index is 2.00. The minimum atomic E-state index is -0.317. The first-order valence-electron chi connectivity index (χ1n) is 7.60. The number of benzene rings is 2. The molecule has 3 nitrogen and oxygen atoms in total. The van der Waals surface area contributed by atoms with Crippen LogP contribution in [0.1, 0.15) is 25.0 Å². The molecule has 4 heteroatoms. The number of nitrogens with zero attached hydrogens (tertiary/aromatic N) is 1. The van der Waals surface area contributed by atoms with Gasteiger partial charge >= 0.3 is 6.03 Å². The minimum absolute atomic E-state index is 0.0528. The maximum absolute atomic E-state index is 13.5. The second-order valence-electron chi connectivity index (χ2n) is 5.51. The maximum atomic E-state index is 13.5. The summed E-state index contributed by atoms with van der Waals surface area (Å²) in [6.45, 7) is 4.45. The Labute approximate surface area is 136 Å². The van der Waals surface area contributed by atoms with Gasteiger partial charge in [-0.1, -0.05) is 48.5 Å². The summed E-state index contributed by atoms with van der Waals surface area (Å²) in [6, 6.07) is 16.1. The second kappa shape index (κ2) is 8.13. The van der Waals surface area contributed by atoms with Gasteiger partial charge in [0.1, 0.15) is 5.82 Å². The first-order chi connectivity index (χ1) is 11.1. The van der Waals surface area contributed by atoms with E-state index in [9.17, 15) is 9.18 Å². The van der Waals surface area contributed by atoms with Gasteiger partial charge in [0, 0.05) is 24.4 Å². The number of carbonyl (C=O) groups excluding carboxylic acids is 1. The highest BCUT2D eigenvalue weighted by Crippen LogP contribution is 2.10. The summed E-state index contributed by atoms with van der Waals surface area (Å²) in [4.78, 5) is 14.1. The van der Waals surface area contributed by atoms with Crippen LogP contribution in [0.3, 0.4) is 0 Å². The zero-order valence-corrected chi connectivity index (χ0v) is 13.4. The van der Waals surface area contributed by atoms with Crippen molar-refractivity contribution in [3.8, 4) is 0 Å². The third kappa shape index (κ3) is 4.95. The molecular formula is C19H21FN2O. The van der Waals surface area contributed by atoms with Crippen LogP contribution in [0.2, 0.25) is 0 Å². The first kappa shape index (κ1) is 16.7. The molecule has 0 saturated carbocycles. The summed E-state index contributed by atoms with van der Waals surface area (Å²) in [5.41, 5.74) is 1.50. The molecule has 0 heterocycles. The Morgan fingerprint density at radius 2 is 1.78 bits per heavy atom. The maximum Gasteiger partial charge on any atom is 0.321 e. The SMILES string of the molecule is CC(C)N(Cc1ccccc1)C(=O)N/C=C/c1ccccc1F. The monoisotopic (exact) mass is 312 g/mol. The molecule has 0 saturated heterocycles. The molecule has 0 aliphatic rings. The van der Waals surface area contributed by atoms with Gasteiger partial charge in [-0.05, 0) is 31.6 Å². The van der Waals surface area contributed by atoms with E-state index in [-0.39, 0.29) is 17.9 Å². The lowest BCUT2D eigenvalue weighted by molar-refractivity contribution is 0.183. The van der Waals surface area contributed by atoms with E-state index in [0.29, 0.717) is 12.1 Å². The molecule has 1 N–H and O–H groups in total. The van der Waals surface area contributed by atoms with Crippen molar-refractivity contribution >= 4 is 12.1 Å². The van der Waals surface area contributed by atoms with Crippen molar-refractivity contribution in [2.24, 2.45) is 0 Å². The molecule has 0 aromatic heterocycles. The summed E-state index contributed by atoms with van der Waals surface area (Å²) in [6.07, 6.45) is 3.02. The van der Waals surface area contributed by atoms with Crippen molar-refractivity contribution in [2.75, 3.05) is 0 Å². The molecule has 0 bridgehead atoms. The van der Waals surface area contributed by atoms with Crippen LogP contribution in [0.5, 0.6) is 0 Å². The molecule has 0 aliphatic heterocycles.